The highest BCUT2D eigenvalue weighted by atomic mass is 32.2. The molecule has 0 fully saturated rings. The van der Waals surface area contributed by atoms with E-state index in [1.807, 2.05) is 30.3 Å². The van der Waals surface area contributed by atoms with Crippen molar-refractivity contribution in [3.8, 4) is 0 Å². The molecule has 0 spiro atoms. The fourth-order valence-corrected chi connectivity index (χ4v) is 4.23. The molecule has 0 atom stereocenters. The van der Waals surface area contributed by atoms with Crippen molar-refractivity contribution in [1.29, 1.82) is 0 Å². The summed E-state index contributed by atoms with van der Waals surface area (Å²) in [4.78, 5) is 39.6. The van der Waals surface area contributed by atoms with Crippen LogP contribution in [-0.2, 0) is 16.1 Å². The van der Waals surface area contributed by atoms with Gasteiger partial charge in [0, 0.05) is 22.7 Å². The number of thioether (sulfide) groups is 1. The number of halogens is 1. The van der Waals surface area contributed by atoms with Crippen LogP contribution in [0, 0.1) is 5.82 Å². The first-order chi connectivity index (χ1) is 15.5. The SMILES string of the molecule is O=C(CN1C(=O)CSc2ccccc21)NCc1cccc(NC(=O)c2ccc(F)cc2)c1. The molecule has 3 aromatic carbocycles. The largest absolute Gasteiger partial charge is 0.350 e. The average Bonchev–Trinajstić information content (AvgIpc) is 2.80. The van der Waals surface area contributed by atoms with E-state index < -0.39 is 5.82 Å². The molecule has 1 aliphatic rings. The minimum atomic E-state index is -0.409. The van der Waals surface area contributed by atoms with E-state index in [4.69, 9.17) is 0 Å². The van der Waals surface area contributed by atoms with Crippen molar-refractivity contribution in [2.45, 2.75) is 11.4 Å². The number of amides is 3. The summed E-state index contributed by atoms with van der Waals surface area (Å²) < 4.78 is 13.0. The lowest BCUT2D eigenvalue weighted by Gasteiger charge is -2.28. The van der Waals surface area contributed by atoms with Crippen LogP contribution in [0.3, 0.4) is 0 Å². The van der Waals surface area contributed by atoms with Crippen LogP contribution in [-0.4, -0.2) is 30.0 Å². The molecular weight excluding hydrogens is 429 g/mol. The molecule has 6 nitrogen and oxygen atoms in total. The molecule has 0 aromatic heterocycles. The first-order valence-electron chi connectivity index (χ1n) is 9.94. The maximum Gasteiger partial charge on any atom is 0.255 e. The maximum absolute atomic E-state index is 13.0. The molecule has 3 aromatic rings. The van der Waals surface area contributed by atoms with Gasteiger partial charge in [0.2, 0.25) is 11.8 Å². The molecule has 0 bridgehead atoms. The van der Waals surface area contributed by atoms with Crippen molar-refractivity contribution in [3.63, 3.8) is 0 Å². The lowest BCUT2D eigenvalue weighted by atomic mass is 10.1. The fraction of sp³-hybridized carbons (Fsp3) is 0.125. The quantitative estimate of drug-likeness (QED) is 0.600. The van der Waals surface area contributed by atoms with E-state index in [1.165, 1.54) is 40.9 Å². The number of anilines is 2. The van der Waals surface area contributed by atoms with Crippen LogP contribution in [0.4, 0.5) is 15.8 Å². The van der Waals surface area contributed by atoms with Crippen molar-refractivity contribution in [1.82, 2.24) is 5.32 Å². The highest BCUT2D eigenvalue weighted by Gasteiger charge is 2.26. The smallest absolute Gasteiger partial charge is 0.255 e. The molecule has 8 heteroatoms. The van der Waals surface area contributed by atoms with Crippen molar-refractivity contribution in [3.05, 3.63) is 89.7 Å². The van der Waals surface area contributed by atoms with Gasteiger partial charge in [0.1, 0.15) is 12.4 Å². The maximum atomic E-state index is 13.0. The highest BCUT2D eigenvalue weighted by Crippen LogP contribution is 2.34. The van der Waals surface area contributed by atoms with Crippen LogP contribution < -0.4 is 15.5 Å². The van der Waals surface area contributed by atoms with Gasteiger partial charge in [0.05, 0.1) is 11.4 Å². The number of para-hydroxylation sites is 1. The molecule has 2 N–H and O–H groups in total. The number of carbonyl (C=O) groups is 3. The average molecular weight is 450 g/mol. The Balaban J connectivity index is 1.35. The van der Waals surface area contributed by atoms with Crippen LogP contribution in [0.2, 0.25) is 0 Å². The first kappa shape index (κ1) is 21.6. The van der Waals surface area contributed by atoms with Gasteiger partial charge in [-0.3, -0.25) is 14.4 Å². The van der Waals surface area contributed by atoms with E-state index in [1.54, 1.807) is 18.2 Å². The lowest BCUT2D eigenvalue weighted by molar-refractivity contribution is -0.123. The predicted octanol–water partition coefficient (Wildman–Crippen LogP) is 3.83. The summed E-state index contributed by atoms with van der Waals surface area (Å²) in [6, 6.07) is 19.9. The third-order valence-corrected chi connectivity index (χ3v) is 5.94. The third kappa shape index (κ3) is 5.15. The molecule has 0 saturated heterocycles. The molecule has 0 radical (unpaired) electrons. The minimum absolute atomic E-state index is 0.0581. The van der Waals surface area contributed by atoms with Crippen LogP contribution in [0.25, 0.3) is 0 Å². The van der Waals surface area contributed by atoms with Crippen LogP contribution in [0.15, 0.2) is 77.7 Å². The Morgan fingerprint density at radius 1 is 1.00 bits per heavy atom. The Morgan fingerprint density at radius 2 is 1.78 bits per heavy atom. The van der Waals surface area contributed by atoms with Gasteiger partial charge in [-0.1, -0.05) is 24.3 Å². The number of nitrogens with one attached hydrogen (secondary N) is 2. The number of benzene rings is 3. The molecule has 4 rings (SSSR count). The van der Waals surface area contributed by atoms with Gasteiger partial charge in [-0.2, -0.15) is 0 Å². The Hall–Kier alpha value is -3.65. The molecule has 0 aliphatic carbocycles. The van der Waals surface area contributed by atoms with Crippen molar-refractivity contribution < 1.29 is 18.8 Å². The number of hydrogen-bond acceptors (Lipinski definition) is 4. The summed E-state index contributed by atoms with van der Waals surface area (Å²) in [7, 11) is 0. The predicted molar refractivity (Wildman–Crippen MR) is 122 cm³/mol. The monoisotopic (exact) mass is 449 g/mol. The second-order valence-electron chi connectivity index (χ2n) is 7.17. The van der Waals surface area contributed by atoms with Gasteiger partial charge in [0.15, 0.2) is 0 Å². The van der Waals surface area contributed by atoms with Gasteiger partial charge in [0.25, 0.3) is 5.91 Å². The number of carbonyl (C=O) groups excluding carboxylic acids is 3. The Labute approximate surface area is 188 Å². The van der Waals surface area contributed by atoms with Gasteiger partial charge in [-0.05, 0) is 54.1 Å². The van der Waals surface area contributed by atoms with Crippen molar-refractivity contribution in [2.24, 2.45) is 0 Å². The molecule has 32 heavy (non-hydrogen) atoms. The number of rotatable bonds is 6. The second kappa shape index (κ2) is 9.65. The summed E-state index contributed by atoms with van der Waals surface area (Å²) in [5, 5.41) is 5.58. The van der Waals surface area contributed by atoms with E-state index in [0.29, 0.717) is 17.0 Å². The number of hydrogen-bond donors (Lipinski definition) is 2. The third-order valence-electron chi connectivity index (χ3n) is 4.89. The van der Waals surface area contributed by atoms with Crippen molar-refractivity contribution in [2.75, 3.05) is 22.5 Å². The summed E-state index contributed by atoms with van der Waals surface area (Å²) in [5.74, 6) is -0.839. The number of fused-ring (bicyclic) bond motifs is 1. The molecular formula is C24H20FN3O3S. The van der Waals surface area contributed by atoms with E-state index in [9.17, 15) is 18.8 Å². The Kier molecular flexibility index (Phi) is 6.51. The van der Waals surface area contributed by atoms with Crippen LogP contribution in [0.5, 0.6) is 0 Å². The van der Waals surface area contributed by atoms with E-state index in [-0.39, 0.29) is 30.8 Å². The summed E-state index contributed by atoms with van der Waals surface area (Å²) in [6.07, 6.45) is 0. The standard InChI is InChI=1S/C24H20FN3O3S/c25-18-10-8-17(9-11-18)24(31)27-19-5-3-4-16(12-19)13-26-22(29)14-28-20-6-1-2-7-21(20)32-15-23(28)30/h1-12H,13-15H2,(H,26,29)(H,27,31). The zero-order valence-electron chi connectivity index (χ0n) is 17.0. The normalized spacial score (nSPS) is 12.8. The van der Waals surface area contributed by atoms with Crippen LogP contribution >= 0.6 is 11.8 Å². The van der Waals surface area contributed by atoms with E-state index >= 15 is 0 Å². The Morgan fingerprint density at radius 3 is 2.59 bits per heavy atom. The summed E-state index contributed by atoms with van der Waals surface area (Å²) >= 11 is 1.47. The summed E-state index contributed by atoms with van der Waals surface area (Å²) in [5.41, 5.74) is 2.43. The molecule has 1 heterocycles. The van der Waals surface area contributed by atoms with Gasteiger partial charge < -0.3 is 15.5 Å². The lowest BCUT2D eigenvalue weighted by Crippen LogP contribution is -2.43. The highest BCUT2D eigenvalue weighted by molar-refractivity contribution is 8.00. The molecule has 1 aliphatic heterocycles. The molecule has 3 amide bonds. The zero-order chi connectivity index (χ0) is 22.5. The second-order valence-corrected chi connectivity index (χ2v) is 8.19. The minimum Gasteiger partial charge on any atom is -0.350 e. The number of nitrogens with zero attached hydrogens (tertiary/aromatic N) is 1. The molecule has 0 saturated carbocycles. The fourth-order valence-electron chi connectivity index (χ4n) is 3.29. The Bertz CT molecular complexity index is 1170. The van der Waals surface area contributed by atoms with Gasteiger partial charge in [-0.15, -0.1) is 11.8 Å². The first-order valence-corrected chi connectivity index (χ1v) is 10.9. The summed E-state index contributed by atoms with van der Waals surface area (Å²) in [6.45, 7) is 0.189. The van der Waals surface area contributed by atoms with Crippen molar-refractivity contribution >= 4 is 40.9 Å². The van der Waals surface area contributed by atoms with Crippen LogP contribution in [0.1, 0.15) is 15.9 Å². The molecule has 162 valence electrons. The van der Waals surface area contributed by atoms with E-state index in [2.05, 4.69) is 10.6 Å². The van der Waals surface area contributed by atoms with Gasteiger partial charge in [-0.25, -0.2) is 4.39 Å². The van der Waals surface area contributed by atoms with Gasteiger partial charge >= 0.3 is 0 Å². The molecule has 0 unspecified atom stereocenters. The topological polar surface area (TPSA) is 78.5 Å². The zero-order valence-corrected chi connectivity index (χ0v) is 17.8. The van der Waals surface area contributed by atoms with E-state index in [0.717, 1.165) is 16.1 Å².